The van der Waals surface area contributed by atoms with Crippen LogP contribution in [0, 0.1) is 0 Å². The smallest absolute Gasteiger partial charge is 0.253 e. The van der Waals surface area contributed by atoms with Gasteiger partial charge in [0.2, 0.25) is 0 Å². The van der Waals surface area contributed by atoms with E-state index in [1.165, 1.54) is 0 Å². The van der Waals surface area contributed by atoms with Gasteiger partial charge in [-0.3, -0.25) is 4.79 Å². The summed E-state index contributed by atoms with van der Waals surface area (Å²) in [6.45, 7) is 5.53. The quantitative estimate of drug-likeness (QED) is 0.855. The largest absolute Gasteiger partial charge is 0.497 e. The molecule has 0 spiro atoms. The SMILES string of the molecule is COc1cccc(NC(=O)C(C)OC(C)C)c1. The van der Waals surface area contributed by atoms with Crippen molar-refractivity contribution in [3.63, 3.8) is 0 Å². The number of amides is 1. The second-order valence-electron chi connectivity index (χ2n) is 4.05. The van der Waals surface area contributed by atoms with E-state index in [2.05, 4.69) is 5.32 Å². The van der Waals surface area contributed by atoms with E-state index in [1.807, 2.05) is 32.0 Å². The van der Waals surface area contributed by atoms with Gasteiger partial charge in [0.25, 0.3) is 5.91 Å². The Morgan fingerprint density at radius 3 is 2.59 bits per heavy atom. The average Bonchev–Trinajstić information content (AvgIpc) is 2.28. The molecule has 0 aliphatic carbocycles. The van der Waals surface area contributed by atoms with Gasteiger partial charge in [-0.15, -0.1) is 0 Å². The zero-order chi connectivity index (χ0) is 12.8. The van der Waals surface area contributed by atoms with E-state index in [4.69, 9.17) is 9.47 Å². The third-order valence-electron chi connectivity index (χ3n) is 2.18. The van der Waals surface area contributed by atoms with Gasteiger partial charge in [-0.2, -0.15) is 0 Å². The van der Waals surface area contributed by atoms with Crippen molar-refractivity contribution in [2.24, 2.45) is 0 Å². The van der Waals surface area contributed by atoms with E-state index >= 15 is 0 Å². The molecule has 1 amide bonds. The predicted molar refractivity (Wildman–Crippen MR) is 67.3 cm³/mol. The fourth-order valence-corrected chi connectivity index (χ4v) is 1.41. The van der Waals surface area contributed by atoms with E-state index in [9.17, 15) is 4.79 Å². The Kier molecular flexibility index (Phi) is 4.97. The first kappa shape index (κ1) is 13.5. The zero-order valence-corrected chi connectivity index (χ0v) is 10.7. The van der Waals surface area contributed by atoms with Crippen molar-refractivity contribution in [1.29, 1.82) is 0 Å². The first-order chi connectivity index (χ1) is 8.02. The Bertz CT molecular complexity index is 377. The van der Waals surface area contributed by atoms with Crippen LogP contribution < -0.4 is 10.1 Å². The molecule has 1 rings (SSSR count). The molecule has 1 atom stereocenters. The van der Waals surface area contributed by atoms with Crippen LogP contribution in [-0.2, 0) is 9.53 Å². The van der Waals surface area contributed by atoms with Crippen molar-refractivity contribution in [1.82, 2.24) is 0 Å². The maximum atomic E-state index is 11.8. The lowest BCUT2D eigenvalue weighted by Crippen LogP contribution is -2.29. The van der Waals surface area contributed by atoms with Gasteiger partial charge < -0.3 is 14.8 Å². The summed E-state index contributed by atoms with van der Waals surface area (Å²) in [7, 11) is 1.59. The molecule has 4 heteroatoms. The van der Waals surface area contributed by atoms with Crippen LogP contribution in [0.15, 0.2) is 24.3 Å². The highest BCUT2D eigenvalue weighted by molar-refractivity contribution is 5.94. The summed E-state index contributed by atoms with van der Waals surface area (Å²) in [5, 5.41) is 2.78. The molecule has 1 N–H and O–H groups in total. The standard InChI is InChI=1S/C13H19NO3/c1-9(2)17-10(3)13(15)14-11-6-5-7-12(8-11)16-4/h5-10H,1-4H3,(H,14,15). The van der Waals surface area contributed by atoms with Gasteiger partial charge in [-0.05, 0) is 32.9 Å². The first-order valence-electron chi connectivity index (χ1n) is 5.63. The molecular weight excluding hydrogens is 218 g/mol. The Balaban J connectivity index is 2.61. The minimum absolute atomic E-state index is 0.0288. The Hall–Kier alpha value is -1.55. The number of hydrogen-bond donors (Lipinski definition) is 1. The van der Waals surface area contributed by atoms with Crippen molar-refractivity contribution in [2.75, 3.05) is 12.4 Å². The van der Waals surface area contributed by atoms with Gasteiger partial charge in [0, 0.05) is 11.8 Å². The average molecular weight is 237 g/mol. The Morgan fingerprint density at radius 1 is 1.29 bits per heavy atom. The van der Waals surface area contributed by atoms with Crippen LogP contribution in [-0.4, -0.2) is 25.2 Å². The molecule has 4 nitrogen and oxygen atoms in total. The zero-order valence-electron chi connectivity index (χ0n) is 10.7. The molecule has 0 heterocycles. The van der Waals surface area contributed by atoms with Gasteiger partial charge >= 0.3 is 0 Å². The summed E-state index contributed by atoms with van der Waals surface area (Å²) < 4.78 is 10.5. The van der Waals surface area contributed by atoms with Crippen LogP contribution in [0.1, 0.15) is 20.8 Å². The fraction of sp³-hybridized carbons (Fsp3) is 0.462. The summed E-state index contributed by atoms with van der Waals surface area (Å²) >= 11 is 0. The molecule has 0 aliphatic heterocycles. The number of methoxy groups -OCH3 is 1. The van der Waals surface area contributed by atoms with E-state index < -0.39 is 6.10 Å². The Morgan fingerprint density at radius 2 is 2.00 bits per heavy atom. The predicted octanol–water partition coefficient (Wildman–Crippen LogP) is 2.45. The van der Waals surface area contributed by atoms with Crippen LogP contribution in [0.4, 0.5) is 5.69 Å². The molecule has 1 aromatic rings. The number of anilines is 1. The number of carbonyl (C=O) groups is 1. The molecule has 1 unspecified atom stereocenters. The van der Waals surface area contributed by atoms with Crippen LogP contribution in [0.3, 0.4) is 0 Å². The first-order valence-corrected chi connectivity index (χ1v) is 5.63. The van der Waals surface area contributed by atoms with Gasteiger partial charge in [-0.25, -0.2) is 0 Å². The maximum Gasteiger partial charge on any atom is 0.253 e. The van der Waals surface area contributed by atoms with Crippen molar-refractivity contribution in [3.05, 3.63) is 24.3 Å². The van der Waals surface area contributed by atoms with Crippen molar-refractivity contribution < 1.29 is 14.3 Å². The molecule has 94 valence electrons. The number of benzene rings is 1. The van der Waals surface area contributed by atoms with Crippen molar-refractivity contribution in [3.8, 4) is 5.75 Å². The summed E-state index contributed by atoms with van der Waals surface area (Å²) in [6.07, 6.45) is -0.442. The molecule has 0 radical (unpaired) electrons. The van der Waals surface area contributed by atoms with E-state index in [-0.39, 0.29) is 12.0 Å². The lowest BCUT2D eigenvalue weighted by atomic mass is 10.2. The minimum Gasteiger partial charge on any atom is -0.497 e. The van der Waals surface area contributed by atoms with Gasteiger partial charge in [-0.1, -0.05) is 6.07 Å². The topological polar surface area (TPSA) is 47.6 Å². The number of carbonyl (C=O) groups excluding carboxylic acids is 1. The summed E-state index contributed by atoms with van der Waals surface area (Å²) in [5.41, 5.74) is 0.702. The summed E-state index contributed by atoms with van der Waals surface area (Å²) in [4.78, 5) is 11.8. The molecule has 1 aromatic carbocycles. The third kappa shape index (κ3) is 4.44. The van der Waals surface area contributed by atoms with Crippen molar-refractivity contribution in [2.45, 2.75) is 33.0 Å². The monoisotopic (exact) mass is 237 g/mol. The fourth-order valence-electron chi connectivity index (χ4n) is 1.41. The van der Waals surface area contributed by atoms with E-state index in [0.717, 1.165) is 0 Å². The molecule has 0 bridgehead atoms. The normalized spacial score (nSPS) is 12.3. The number of hydrogen-bond acceptors (Lipinski definition) is 3. The summed E-state index contributed by atoms with van der Waals surface area (Å²) in [5.74, 6) is 0.548. The van der Waals surface area contributed by atoms with E-state index in [0.29, 0.717) is 11.4 Å². The molecule has 0 saturated carbocycles. The lowest BCUT2D eigenvalue weighted by Gasteiger charge is -2.16. The Labute approximate surface area is 102 Å². The number of rotatable bonds is 5. The van der Waals surface area contributed by atoms with Crippen LogP contribution >= 0.6 is 0 Å². The molecule has 17 heavy (non-hydrogen) atoms. The highest BCUT2D eigenvalue weighted by Crippen LogP contribution is 2.17. The second-order valence-corrected chi connectivity index (χ2v) is 4.05. The van der Waals surface area contributed by atoms with Crippen LogP contribution in [0.25, 0.3) is 0 Å². The number of ether oxygens (including phenoxy) is 2. The van der Waals surface area contributed by atoms with Crippen LogP contribution in [0.5, 0.6) is 5.75 Å². The molecule has 0 aliphatic rings. The van der Waals surface area contributed by atoms with Gasteiger partial charge in [0.1, 0.15) is 11.9 Å². The highest BCUT2D eigenvalue weighted by Gasteiger charge is 2.14. The van der Waals surface area contributed by atoms with Crippen molar-refractivity contribution >= 4 is 11.6 Å². The molecular formula is C13H19NO3. The van der Waals surface area contributed by atoms with E-state index in [1.54, 1.807) is 20.1 Å². The molecule has 0 saturated heterocycles. The molecule has 0 fully saturated rings. The molecule has 0 aromatic heterocycles. The maximum absolute atomic E-state index is 11.8. The highest BCUT2D eigenvalue weighted by atomic mass is 16.5. The van der Waals surface area contributed by atoms with Gasteiger partial charge in [0.15, 0.2) is 0 Å². The number of nitrogens with one attached hydrogen (secondary N) is 1. The summed E-state index contributed by atoms with van der Waals surface area (Å²) in [6, 6.07) is 7.22. The second kappa shape index (κ2) is 6.25. The van der Waals surface area contributed by atoms with Gasteiger partial charge in [0.05, 0.1) is 13.2 Å². The lowest BCUT2D eigenvalue weighted by molar-refractivity contribution is -0.128. The third-order valence-corrected chi connectivity index (χ3v) is 2.18. The van der Waals surface area contributed by atoms with Crippen LogP contribution in [0.2, 0.25) is 0 Å². The minimum atomic E-state index is -0.471.